The summed E-state index contributed by atoms with van der Waals surface area (Å²) in [4.78, 5) is 11.1. The molecule has 0 fully saturated rings. The van der Waals surface area contributed by atoms with Gasteiger partial charge in [0.2, 0.25) is 0 Å². The molecule has 0 aliphatic heterocycles. The average molecular weight is 217 g/mol. The number of carbonyl (C=O) groups is 1. The number of nitrogen functional groups attached to an aromatic ring is 1. The van der Waals surface area contributed by atoms with Crippen LogP contribution in [0.2, 0.25) is 0 Å². The molecule has 3 N–H and O–H groups in total. The lowest BCUT2D eigenvalue weighted by atomic mass is 10.1. The zero-order chi connectivity index (χ0) is 11.7. The maximum atomic E-state index is 11.1. The van der Waals surface area contributed by atoms with Gasteiger partial charge in [0.05, 0.1) is 0 Å². The molecule has 0 bridgehead atoms. The summed E-state index contributed by atoms with van der Waals surface area (Å²) in [5.41, 5.74) is 6.85. The molecule has 0 atom stereocenters. The minimum absolute atomic E-state index is 0.0497. The van der Waals surface area contributed by atoms with Gasteiger partial charge in [-0.05, 0) is 0 Å². The first kappa shape index (κ1) is 10.2. The van der Waals surface area contributed by atoms with Crippen molar-refractivity contribution in [1.82, 2.24) is 9.78 Å². The van der Waals surface area contributed by atoms with Crippen LogP contribution in [0.1, 0.15) is 10.4 Å². The van der Waals surface area contributed by atoms with Gasteiger partial charge in [-0.25, -0.2) is 4.79 Å². The summed E-state index contributed by atoms with van der Waals surface area (Å²) in [7, 11) is 1.62. The van der Waals surface area contributed by atoms with Gasteiger partial charge in [-0.3, -0.25) is 4.68 Å². The Kier molecular flexibility index (Phi) is 2.36. The highest BCUT2D eigenvalue weighted by molar-refractivity contribution is 5.99. The summed E-state index contributed by atoms with van der Waals surface area (Å²) in [5, 5.41) is 13.2. The number of nitrogens with two attached hydrogens (primary N) is 1. The van der Waals surface area contributed by atoms with Crippen molar-refractivity contribution in [3.63, 3.8) is 0 Å². The predicted molar refractivity (Wildman–Crippen MR) is 60.0 cm³/mol. The van der Waals surface area contributed by atoms with Gasteiger partial charge in [0.1, 0.15) is 17.1 Å². The van der Waals surface area contributed by atoms with E-state index in [1.54, 1.807) is 19.2 Å². The second-order valence-corrected chi connectivity index (χ2v) is 3.40. The van der Waals surface area contributed by atoms with E-state index in [4.69, 9.17) is 10.8 Å². The number of aryl methyl sites for hydroxylation is 1. The first-order valence-corrected chi connectivity index (χ1v) is 4.72. The van der Waals surface area contributed by atoms with Gasteiger partial charge in [-0.2, -0.15) is 5.10 Å². The molecule has 0 saturated carbocycles. The summed E-state index contributed by atoms with van der Waals surface area (Å²) < 4.78 is 1.37. The topological polar surface area (TPSA) is 81.1 Å². The molecule has 0 aliphatic carbocycles. The third kappa shape index (κ3) is 1.52. The summed E-state index contributed by atoms with van der Waals surface area (Å²) in [6.07, 6.45) is 0. The zero-order valence-corrected chi connectivity index (χ0v) is 8.71. The number of nitrogens with zero attached hydrogens (tertiary/aromatic N) is 2. The summed E-state index contributed by atoms with van der Waals surface area (Å²) in [5.74, 6) is -0.907. The van der Waals surface area contributed by atoms with Crippen LogP contribution in [0.15, 0.2) is 30.3 Å². The Hall–Kier alpha value is -2.30. The molecule has 1 heterocycles. The van der Waals surface area contributed by atoms with Gasteiger partial charge in [0.25, 0.3) is 0 Å². The largest absolute Gasteiger partial charge is 0.477 e. The van der Waals surface area contributed by atoms with Crippen molar-refractivity contribution in [2.24, 2.45) is 7.05 Å². The van der Waals surface area contributed by atoms with E-state index >= 15 is 0 Å². The van der Waals surface area contributed by atoms with Crippen molar-refractivity contribution >= 4 is 11.8 Å². The molecular weight excluding hydrogens is 206 g/mol. The number of hydrogen-bond acceptors (Lipinski definition) is 3. The normalized spacial score (nSPS) is 10.3. The van der Waals surface area contributed by atoms with Crippen LogP contribution in [0.5, 0.6) is 0 Å². The van der Waals surface area contributed by atoms with E-state index in [1.807, 2.05) is 18.2 Å². The highest BCUT2D eigenvalue weighted by Crippen LogP contribution is 2.26. The fourth-order valence-corrected chi connectivity index (χ4v) is 1.55. The Balaban J connectivity index is 2.66. The lowest BCUT2D eigenvalue weighted by Gasteiger charge is -1.98. The highest BCUT2D eigenvalue weighted by Gasteiger charge is 2.20. The number of hydrogen-bond donors (Lipinski definition) is 2. The second-order valence-electron chi connectivity index (χ2n) is 3.40. The molecule has 82 valence electrons. The fraction of sp³-hybridized carbons (Fsp3) is 0.0909. The van der Waals surface area contributed by atoms with Gasteiger partial charge in [0.15, 0.2) is 0 Å². The highest BCUT2D eigenvalue weighted by atomic mass is 16.4. The summed E-state index contributed by atoms with van der Waals surface area (Å²) in [6.45, 7) is 0. The quantitative estimate of drug-likeness (QED) is 0.796. The predicted octanol–water partition coefficient (Wildman–Crippen LogP) is 1.37. The number of benzene rings is 1. The van der Waals surface area contributed by atoms with Gasteiger partial charge >= 0.3 is 5.97 Å². The van der Waals surface area contributed by atoms with Gasteiger partial charge in [0, 0.05) is 12.6 Å². The maximum absolute atomic E-state index is 11.1. The number of aromatic nitrogens is 2. The summed E-state index contributed by atoms with van der Waals surface area (Å²) in [6, 6.07) is 9.11. The number of anilines is 1. The average Bonchev–Trinajstić information content (AvgIpc) is 2.57. The molecule has 16 heavy (non-hydrogen) atoms. The number of rotatable bonds is 2. The Morgan fingerprint density at radius 2 is 2.00 bits per heavy atom. The van der Waals surface area contributed by atoms with Gasteiger partial charge in [-0.1, -0.05) is 30.3 Å². The Bertz CT molecular complexity index is 532. The van der Waals surface area contributed by atoms with Crippen LogP contribution < -0.4 is 5.73 Å². The number of carboxylic acid groups (broad SMARTS) is 1. The molecule has 0 radical (unpaired) electrons. The van der Waals surface area contributed by atoms with Crippen LogP contribution in [0.4, 0.5) is 5.82 Å². The molecule has 0 saturated heterocycles. The third-order valence-corrected chi connectivity index (χ3v) is 2.35. The molecule has 0 amide bonds. The van der Waals surface area contributed by atoms with Crippen LogP contribution >= 0.6 is 0 Å². The molecular formula is C11H11N3O2. The Morgan fingerprint density at radius 3 is 2.56 bits per heavy atom. The van der Waals surface area contributed by atoms with Crippen molar-refractivity contribution in [3.05, 3.63) is 35.9 Å². The van der Waals surface area contributed by atoms with E-state index in [0.29, 0.717) is 5.69 Å². The molecule has 0 spiro atoms. The van der Waals surface area contributed by atoms with Gasteiger partial charge in [-0.15, -0.1) is 0 Å². The molecule has 0 unspecified atom stereocenters. The van der Waals surface area contributed by atoms with Crippen LogP contribution in [0.3, 0.4) is 0 Å². The molecule has 1 aromatic heterocycles. The monoisotopic (exact) mass is 217 g/mol. The lowest BCUT2D eigenvalue weighted by Crippen LogP contribution is -2.04. The van der Waals surface area contributed by atoms with Crippen molar-refractivity contribution in [2.75, 3.05) is 5.73 Å². The van der Waals surface area contributed by atoms with Crippen molar-refractivity contribution < 1.29 is 9.90 Å². The van der Waals surface area contributed by atoms with Crippen molar-refractivity contribution in [3.8, 4) is 11.3 Å². The van der Waals surface area contributed by atoms with E-state index in [0.717, 1.165) is 5.56 Å². The van der Waals surface area contributed by atoms with E-state index in [9.17, 15) is 4.79 Å². The Labute approximate surface area is 92.1 Å². The van der Waals surface area contributed by atoms with Gasteiger partial charge < -0.3 is 10.8 Å². The van der Waals surface area contributed by atoms with E-state index in [2.05, 4.69) is 5.10 Å². The standard InChI is InChI=1S/C11H11N3O2/c1-14-10(12)8(11(15)16)9(13-14)7-5-3-2-4-6-7/h2-6H,12H2,1H3,(H,15,16). The molecule has 2 rings (SSSR count). The number of carboxylic acids is 1. The molecule has 2 aromatic rings. The van der Waals surface area contributed by atoms with Crippen molar-refractivity contribution in [1.29, 1.82) is 0 Å². The van der Waals surface area contributed by atoms with Crippen LogP contribution in [0.25, 0.3) is 11.3 Å². The van der Waals surface area contributed by atoms with Crippen LogP contribution in [-0.2, 0) is 7.05 Å². The summed E-state index contributed by atoms with van der Waals surface area (Å²) >= 11 is 0. The van der Waals surface area contributed by atoms with Crippen LogP contribution in [-0.4, -0.2) is 20.9 Å². The SMILES string of the molecule is Cn1nc(-c2ccccc2)c(C(=O)O)c1N. The first-order valence-electron chi connectivity index (χ1n) is 4.72. The minimum Gasteiger partial charge on any atom is -0.477 e. The van der Waals surface area contributed by atoms with E-state index < -0.39 is 5.97 Å². The molecule has 1 aromatic carbocycles. The van der Waals surface area contributed by atoms with Crippen LogP contribution in [0, 0.1) is 0 Å². The lowest BCUT2D eigenvalue weighted by molar-refractivity contribution is 0.0699. The van der Waals surface area contributed by atoms with E-state index in [-0.39, 0.29) is 11.4 Å². The second kappa shape index (κ2) is 3.69. The maximum Gasteiger partial charge on any atom is 0.341 e. The smallest absolute Gasteiger partial charge is 0.341 e. The fourth-order valence-electron chi connectivity index (χ4n) is 1.55. The number of aromatic carboxylic acids is 1. The molecule has 5 nitrogen and oxygen atoms in total. The van der Waals surface area contributed by atoms with E-state index in [1.165, 1.54) is 4.68 Å². The molecule has 0 aliphatic rings. The van der Waals surface area contributed by atoms with Crippen molar-refractivity contribution in [2.45, 2.75) is 0 Å². The Morgan fingerprint density at radius 1 is 1.38 bits per heavy atom. The zero-order valence-electron chi connectivity index (χ0n) is 8.71. The first-order chi connectivity index (χ1) is 7.61. The third-order valence-electron chi connectivity index (χ3n) is 2.35. The molecule has 5 heteroatoms. The minimum atomic E-state index is -1.07.